The van der Waals surface area contributed by atoms with Crippen LogP contribution in [0.1, 0.15) is 21.7 Å². The second kappa shape index (κ2) is 10.4. The van der Waals surface area contributed by atoms with Crippen molar-refractivity contribution in [3.63, 3.8) is 0 Å². The number of amides is 1. The van der Waals surface area contributed by atoms with Gasteiger partial charge >= 0.3 is 6.18 Å². The highest BCUT2D eigenvalue weighted by molar-refractivity contribution is 6.06. The van der Waals surface area contributed by atoms with Crippen LogP contribution < -0.4 is 11.2 Å². The number of hydrogen-bond donors (Lipinski definition) is 3. The predicted octanol–water partition coefficient (Wildman–Crippen LogP) is 4.28. The highest BCUT2D eigenvalue weighted by atomic mass is 19.4. The van der Waals surface area contributed by atoms with Gasteiger partial charge < -0.3 is 10.3 Å². The first kappa shape index (κ1) is 26.4. The zero-order chi connectivity index (χ0) is 27.6. The maximum absolute atomic E-state index is 14.9. The molecule has 2 heterocycles. The predicted molar refractivity (Wildman–Crippen MR) is 132 cm³/mol. The van der Waals surface area contributed by atoms with Gasteiger partial charge in [-0.3, -0.25) is 14.9 Å². The largest absolute Gasteiger partial charge is 0.417 e. The summed E-state index contributed by atoms with van der Waals surface area (Å²) < 4.78 is 57.2. The Balaban J connectivity index is 1.75. The lowest BCUT2D eigenvalue weighted by molar-refractivity contribution is -0.137. The number of aryl methyl sites for hydroxylation is 1. The number of hydrazine groups is 1. The molecule has 0 saturated heterocycles. The van der Waals surface area contributed by atoms with E-state index in [4.69, 9.17) is 11.3 Å². The van der Waals surface area contributed by atoms with E-state index in [1.165, 1.54) is 37.2 Å². The number of alkyl halides is 3. The summed E-state index contributed by atoms with van der Waals surface area (Å²) in [7, 11) is 3.02. The minimum Gasteiger partial charge on any atom is -0.319 e. The Bertz CT molecular complexity index is 1500. The minimum absolute atomic E-state index is 0.00201. The zero-order valence-electron chi connectivity index (χ0n) is 20.2. The molecule has 4 rings (SSSR count). The smallest absolute Gasteiger partial charge is 0.319 e. The number of carbonyl (C=O) groups is 1. The fourth-order valence-corrected chi connectivity index (χ4v) is 3.63. The van der Waals surface area contributed by atoms with Crippen molar-refractivity contribution in [1.29, 1.82) is 5.41 Å². The molecule has 0 aliphatic carbocycles. The molecule has 0 unspecified atom stereocenters. The van der Waals surface area contributed by atoms with Gasteiger partial charge in [0.05, 0.1) is 40.8 Å². The summed E-state index contributed by atoms with van der Waals surface area (Å²) in [5.41, 5.74) is -1.43. The molecule has 1 amide bonds. The van der Waals surface area contributed by atoms with E-state index < -0.39 is 34.6 Å². The number of aromatic nitrogens is 4. The average Bonchev–Trinajstić information content (AvgIpc) is 3.30. The maximum atomic E-state index is 14.9. The van der Waals surface area contributed by atoms with Gasteiger partial charge in [-0.05, 0) is 18.2 Å². The molecule has 0 aliphatic heterocycles. The van der Waals surface area contributed by atoms with E-state index in [1.54, 1.807) is 30.3 Å². The minimum atomic E-state index is -4.88. The van der Waals surface area contributed by atoms with Crippen molar-refractivity contribution in [1.82, 2.24) is 24.8 Å². The molecule has 0 aliphatic rings. The van der Waals surface area contributed by atoms with Gasteiger partial charge in [0.2, 0.25) is 0 Å². The molecule has 0 bridgehead atoms. The van der Waals surface area contributed by atoms with Crippen LogP contribution in [-0.2, 0) is 19.6 Å². The number of amidine groups is 1. The average molecular weight is 526 g/mol. The Labute approximate surface area is 214 Å². The highest BCUT2D eigenvalue weighted by Gasteiger charge is 2.36. The SMILES string of the molecule is CN(N)C(=N)Cc1ncc(NC(=O)c2cc(-c3ccn(C)n3)c(C(F)(F)F)cc2F)c(-c2ccccc2)n1. The molecule has 0 fully saturated rings. The lowest BCUT2D eigenvalue weighted by atomic mass is 9.99. The number of anilines is 1. The van der Waals surface area contributed by atoms with E-state index in [-0.39, 0.29) is 41.2 Å². The summed E-state index contributed by atoms with van der Waals surface area (Å²) in [5, 5.41) is 15.5. The molecule has 196 valence electrons. The van der Waals surface area contributed by atoms with Crippen LogP contribution in [0.15, 0.2) is 60.9 Å². The van der Waals surface area contributed by atoms with Crippen LogP contribution in [0.25, 0.3) is 22.5 Å². The molecule has 0 atom stereocenters. The van der Waals surface area contributed by atoms with E-state index >= 15 is 0 Å². The number of carbonyl (C=O) groups excluding carboxylic acids is 1. The Kier molecular flexibility index (Phi) is 7.21. The van der Waals surface area contributed by atoms with Crippen molar-refractivity contribution >= 4 is 17.4 Å². The second-order valence-electron chi connectivity index (χ2n) is 8.35. The quantitative estimate of drug-likeness (QED) is 0.113. The second-order valence-corrected chi connectivity index (χ2v) is 8.35. The van der Waals surface area contributed by atoms with Gasteiger partial charge in [-0.2, -0.15) is 18.3 Å². The van der Waals surface area contributed by atoms with Gasteiger partial charge in [0.1, 0.15) is 17.5 Å². The van der Waals surface area contributed by atoms with Crippen LogP contribution >= 0.6 is 0 Å². The Morgan fingerprint density at radius 3 is 2.50 bits per heavy atom. The summed E-state index contributed by atoms with van der Waals surface area (Å²) in [6.07, 6.45) is -2.15. The van der Waals surface area contributed by atoms with Crippen LogP contribution in [-0.4, -0.2) is 43.5 Å². The monoisotopic (exact) mass is 526 g/mol. The normalized spacial score (nSPS) is 11.3. The number of benzene rings is 2. The van der Waals surface area contributed by atoms with Crippen LogP contribution in [0.4, 0.5) is 23.2 Å². The lowest BCUT2D eigenvalue weighted by Gasteiger charge is -2.16. The number of hydrogen-bond acceptors (Lipinski definition) is 6. The summed E-state index contributed by atoms with van der Waals surface area (Å²) in [5.74, 6) is 3.50. The first-order valence-electron chi connectivity index (χ1n) is 11.1. The third-order valence-corrected chi connectivity index (χ3v) is 5.53. The third kappa shape index (κ3) is 5.67. The molecule has 13 heteroatoms. The van der Waals surface area contributed by atoms with Gasteiger partial charge in [-0.1, -0.05) is 30.3 Å². The van der Waals surface area contributed by atoms with E-state index in [9.17, 15) is 22.4 Å². The highest BCUT2D eigenvalue weighted by Crippen LogP contribution is 2.38. The summed E-state index contributed by atoms with van der Waals surface area (Å²) in [4.78, 5) is 21.8. The van der Waals surface area contributed by atoms with E-state index in [0.717, 1.165) is 11.1 Å². The molecule has 38 heavy (non-hydrogen) atoms. The van der Waals surface area contributed by atoms with Crippen molar-refractivity contribution < 1.29 is 22.4 Å². The van der Waals surface area contributed by atoms with Crippen LogP contribution in [0.3, 0.4) is 0 Å². The number of likely N-dealkylation sites (N-methyl/N-ethyl adjacent to an activating group) is 1. The molecule has 2 aromatic heterocycles. The van der Waals surface area contributed by atoms with Crippen LogP contribution in [0.2, 0.25) is 0 Å². The molecular formula is C25H22F4N8O. The number of nitrogens with zero attached hydrogens (tertiary/aromatic N) is 5. The van der Waals surface area contributed by atoms with Gasteiger partial charge in [0, 0.05) is 31.4 Å². The van der Waals surface area contributed by atoms with Crippen molar-refractivity contribution in [2.75, 3.05) is 12.4 Å². The molecule has 4 aromatic rings. The summed E-state index contributed by atoms with van der Waals surface area (Å²) >= 11 is 0. The van der Waals surface area contributed by atoms with E-state index in [1.807, 2.05) is 0 Å². The van der Waals surface area contributed by atoms with Gasteiger partial charge in [-0.15, -0.1) is 0 Å². The van der Waals surface area contributed by atoms with E-state index in [0.29, 0.717) is 5.56 Å². The van der Waals surface area contributed by atoms with Crippen molar-refractivity contribution in [2.45, 2.75) is 12.6 Å². The first-order valence-corrected chi connectivity index (χ1v) is 11.1. The zero-order valence-corrected chi connectivity index (χ0v) is 20.2. The Hall–Kier alpha value is -4.65. The van der Waals surface area contributed by atoms with Crippen molar-refractivity contribution in [3.05, 3.63) is 83.7 Å². The Morgan fingerprint density at radius 1 is 1.18 bits per heavy atom. The molecular weight excluding hydrogens is 504 g/mol. The maximum Gasteiger partial charge on any atom is 0.417 e. The van der Waals surface area contributed by atoms with Crippen LogP contribution in [0, 0.1) is 11.2 Å². The van der Waals surface area contributed by atoms with Crippen molar-refractivity contribution in [2.24, 2.45) is 12.9 Å². The summed E-state index contributed by atoms with van der Waals surface area (Å²) in [6, 6.07) is 11.2. The molecule has 0 spiro atoms. The van der Waals surface area contributed by atoms with Crippen LogP contribution in [0.5, 0.6) is 0 Å². The van der Waals surface area contributed by atoms with Gasteiger partial charge in [-0.25, -0.2) is 20.2 Å². The standard InChI is InChI=1S/C25H22F4N8O/c1-36-9-8-19(35-36)15-10-16(18(26)11-17(15)25(27,28)29)24(38)33-20-13-32-22(12-21(30)37(2)31)34-23(20)14-6-4-3-5-7-14/h3-11,13,30H,12,31H2,1-2H3,(H,33,38). The van der Waals surface area contributed by atoms with Gasteiger partial charge in [0.15, 0.2) is 0 Å². The third-order valence-electron chi connectivity index (χ3n) is 5.53. The molecule has 9 nitrogen and oxygen atoms in total. The topological polar surface area (TPSA) is 126 Å². The lowest BCUT2D eigenvalue weighted by Crippen LogP contribution is -2.34. The fraction of sp³-hybridized carbons (Fsp3) is 0.160. The van der Waals surface area contributed by atoms with Gasteiger partial charge in [0.25, 0.3) is 5.91 Å². The molecule has 0 radical (unpaired) electrons. The summed E-state index contributed by atoms with van der Waals surface area (Å²) in [6.45, 7) is 0. The number of nitrogens with two attached hydrogens (primary N) is 1. The van der Waals surface area contributed by atoms with Crippen molar-refractivity contribution in [3.8, 4) is 22.5 Å². The molecule has 0 saturated carbocycles. The number of nitrogens with one attached hydrogen (secondary N) is 2. The first-order chi connectivity index (χ1) is 17.9. The fourth-order valence-electron chi connectivity index (χ4n) is 3.63. The molecule has 2 aromatic carbocycles. The Morgan fingerprint density at radius 2 is 1.89 bits per heavy atom. The molecule has 4 N–H and O–H groups in total. The number of rotatable bonds is 6. The number of halogens is 4. The van der Waals surface area contributed by atoms with E-state index in [2.05, 4.69) is 20.4 Å².